The van der Waals surface area contributed by atoms with Crippen LogP contribution in [0.5, 0.6) is 0 Å². The van der Waals surface area contributed by atoms with Crippen LogP contribution in [0.3, 0.4) is 0 Å². The van der Waals surface area contributed by atoms with Gasteiger partial charge in [-0.3, -0.25) is 4.79 Å². The number of ether oxygens (including phenoxy) is 2. The van der Waals surface area contributed by atoms with Crippen molar-refractivity contribution < 1.29 is 40.7 Å². The summed E-state index contributed by atoms with van der Waals surface area (Å²) in [5, 5.41) is 0. The minimum Gasteiger partial charge on any atom is -0.462 e. The Hall–Kier alpha value is -3.42. The number of piperazine rings is 1. The van der Waals surface area contributed by atoms with Gasteiger partial charge in [0.15, 0.2) is 15.5 Å². The predicted octanol–water partition coefficient (Wildman–Crippen LogP) is 3.49. The number of esters is 2. The molecule has 1 aromatic carbocycles. The molecule has 1 fully saturated rings. The number of alkyl halides is 3. The summed E-state index contributed by atoms with van der Waals surface area (Å²) in [4.78, 5) is 34.7. The van der Waals surface area contributed by atoms with E-state index in [1.165, 1.54) is 19.9 Å². The Labute approximate surface area is 225 Å². The van der Waals surface area contributed by atoms with E-state index >= 15 is 0 Å². The first kappa shape index (κ1) is 30.1. The largest absolute Gasteiger partial charge is 0.462 e. The Morgan fingerprint density at radius 2 is 1.87 bits per heavy atom. The van der Waals surface area contributed by atoms with Gasteiger partial charge in [-0.25, -0.2) is 23.2 Å². The van der Waals surface area contributed by atoms with Crippen molar-refractivity contribution in [3.8, 4) is 0 Å². The van der Waals surface area contributed by atoms with Crippen molar-refractivity contribution in [1.29, 1.82) is 0 Å². The van der Waals surface area contributed by atoms with E-state index in [4.69, 9.17) is 9.47 Å². The maximum absolute atomic E-state index is 13.8. The Bertz CT molecular complexity index is 1330. The first-order chi connectivity index (χ1) is 18.1. The standard InChI is InChI=1S/C25H31F3N4O6S/c1-6-37-23(34)19-12-29-24(30-22(19)25(26,27)28)32-10-9-31(13-20(32)15(2)3)18-8-7-17(14-38-16(4)33)21(11-18)39(5,35)36/h7-8,11-12,15,20H,6,9-10,13-14H2,1-5H3/t20-/m0/s1. The van der Waals surface area contributed by atoms with E-state index in [0.29, 0.717) is 24.3 Å². The van der Waals surface area contributed by atoms with E-state index in [1.54, 1.807) is 17.0 Å². The number of rotatable bonds is 8. The second-order valence-corrected chi connectivity index (χ2v) is 11.4. The third-order valence-corrected chi connectivity index (χ3v) is 7.41. The fourth-order valence-electron chi connectivity index (χ4n) is 4.33. The molecule has 2 aromatic rings. The van der Waals surface area contributed by atoms with Gasteiger partial charge >= 0.3 is 18.1 Å². The van der Waals surface area contributed by atoms with Gasteiger partial charge in [-0.1, -0.05) is 19.9 Å². The highest BCUT2D eigenvalue weighted by Gasteiger charge is 2.40. The van der Waals surface area contributed by atoms with E-state index in [0.717, 1.165) is 12.5 Å². The number of carbonyl (C=O) groups excluding carboxylic acids is 2. The van der Waals surface area contributed by atoms with Crippen LogP contribution in [0.2, 0.25) is 0 Å². The van der Waals surface area contributed by atoms with E-state index in [2.05, 4.69) is 9.97 Å². The van der Waals surface area contributed by atoms with Crippen LogP contribution in [0, 0.1) is 5.92 Å². The maximum Gasteiger partial charge on any atom is 0.434 e. The highest BCUT2D eigenvalue weighted by molar-refractivity contribution is 7.90. The molecule has 214 valence electrons. The van der Waals surface area contributed by atoms with Gasteiger partial charge in [-0.15, -0.1) is 0 Å². The molecule has 0 saturated carbocycles. The average molecular weight is 573 g/mol. The van der Waals surface area contributed by atoms with Crippen molar-refractivity contribution >= 4 is 33.4 Å². The zero-order valence-electron chi connectivity index (χ0n) is 22.3. The Morgan fingerprint density at radius 1 is 1.18 bits per heavy atom. The second-order valence-electron chi connectivity index (χ2n) is 9.45. The molecule has 10 nitrogen and oxygen atoms in total. The van der Waals surface area contributed by atoms with Gasteiger partial charge in [-0.2, -0.15) is 13.2 Å². The fourth-order valence-corrected chi connectivity index (χ4v) is 5.27. The molecule has 1 aromatic heterocycles. The van der Waals surface area contributed by atoms with Gasteiger partial charge in [0.1, 0.15) is 12.2 Å². The lowest BCUT2D eigenvalue weighted by atomic mass is 9.99. The number of anilines is 2. The summed E-state index contributed by atoms with van der Waals surface area (Å²) >= 11 is 0. The van der Waals surface area contributed by atoms with Crippen molar-refractivity contribution in [3.63, 3.8) is 0 Å². The van der Waals surface area contributed by atoms with E-state index in [9.17, 15) is 31.2 Å². The molecule has 1 aliphatic heterocycles. The van der Waals surface area contributed by atoms with Gasteiger partial charge in [0.2, 0.25) is 5.95 Å². The van der Waals surface area contributed by atoms with Crippen molar-refractivity contribution in [1.82, 2.24) is 9.97 Å². The van der Waals surface area contributed by atoms with Gasteiger partial charge in [0, 0.05) is 50.3 Å². The quantitative estimate of drug-likeness (QED) is 0.435. The fraction of sp³-hybridized carbons (Fsp3) is 0.520. The maximum atomic E-state index is 13.8. The lowest BCUT2D eigenvalue weighted by Gasteiger charge is -2.44. The van der Waals surface area contributed by atoms with E-state index < -0.39 is 39.2 Å². The molecule has 3 rings (SSSR count). The molecule has 14 heteroatoms. The van der Waals surface area contributed by atoms with Gasteiger partial charge in [0.05, 0.1) is 17.5 Å². The number of carbonyl (C=O) groups is 2. The van der Waals surface area contributed by atoms with Gasteiger partial charge in [0.25, 0.3) is 0 Å². The molecular formula is C25H31F3N4O6S. The Morgan fingerprint density at radius 3 is 2.44 bits per heavy atom. The topological polar surface area (TPSA) is 119 Å². The number of aromatic nitrogens is 2. The lowest BCUT2D eigenvalue weighted by Crippen LogP contribution is -2.56. The number of sulfone groups is 1. The van der Waals surface area contributed by atoms with Crippen LogP contribution < -0.4 is 9.80 Å². The summed E-state index contributed by atoms with van der Waals surface area (Å²) in [6, 6.07) is 4.47. The summed E-state index contributed by atoms with van der Waals surface area (Å²) in [6.07, 6.45) is -2.99. The molecule has 1 aliphatic rings. The van der Waals surface area contributed by atoms with Crippen molar-refractivity contribution in [2.45, 2.75) is 51.4 Å². The molecule has 0 bridgehead atoms. The zero-order chi connectivity index (χ0) is 29.1. The Kier molecular flexibility index (Phi) is 9.08. The third-order valence-electron chi connectivity index (χ3n) is 6.23. The number of nitrogens with zero attached hydrogens (tertiary/aromatic N) is 4. The molecule has 0 aliphatic carbocycles. The molecule has 2 heterocycles. The molecule has 0 radical (unpaired) electrons. The molecule has 0 N–H and O–H groups in total. The van der Waals surface area contributed by atoms with Crippen LogP contribution in [-0.2, 0) is 36.9 Å². The van der Waals surface area contributed by atoms with Crippen LogP contribution in [0.4, 0.5) is 24.8 Å². The monoisotopic (exact) mass is 572 g/mol. The van der Waals surface area contributed by atoms with Gasteiger partial charge < -0.3 is 19.3 Å². The van der Waals surface area contributed by atoms with Gasteiger partial charge in [-0.05, 0) is 25.0 Å². The first-order valence-electron chi connectivity index (χ1n) is 12.2. The van der Waals surface area contributed by atoms with Crippen LogP contribution in [0.25, 0.3) is 0 Å². The minimum atomic E-state index is -4.90. The number of hydrogen-bond donors (Lipinski definition) is 0. The van der Waals surface area contributed by atoms with Crippen LogP contribution >= 0.6 is 0 Å². The first-order valence-corrected chi connectivity index (χ1v) is 14.1. The number of halogens is 3. The highest BCUT2D eigenvalue weighted by atomic mass is 32.2. The molecule has 0 unspecified atom stereocenters. The SMILES string of the molecule is CCOC(=O)c1cnc(N2CCN(c3ccc(COC(C)=O)c(S(C)(=O)=O)c3)C[C@H]2C(C)C)nc1C(F)(F)F. The summed E-state index contributed by atoms with van der Waals surface area (Å²) in [5.41, 5.74) is -1.18. The predicted molar refractivity (Wildman–Crippen MR) is 136 cm³/mol. The number of benzene rings is 1. The molecule has 39 heavy (non-hydrogen) atoms. The van der Waals surface area contributed by atoms with Crippen LogP contribution in [0.15, 0.2) is 29.3 Å². The summed E-state index contributed by atoms with van der Waals surface area (Å²) < 4.78 is 76.0. The molecule has 1 atom stereocenters. The van der Waals surface area contributed by atoms with E-state index in [-0.39, 0.29) is 42.6 Å². The van der Waals surface area contributed by atoms with Crippen LogP contribution in [0.1, 0.15) is 49.3 Å². The minimum absolute atomic E-state index is 0.0254. The third kappa shape index (κ3) is 7.16. The smallest absolute Gasteiger partial charge is 0.434 e. The molecule has 0 amide bonds. The zero-order valence-corrected chi connectivity index (χ0v) is 23.1. The summed E-state index contributed by atoms with van der Waals surface area (Å²) in [6.45, 7) is 7.15. The van der Waals surface area contributed by atoms with E-state index in [1.807, 2.05) is 18.7 Å². The summed E-state index contributed by atoms with van der Waals surface area (Å²) in [7, 11) is -3.65. The van der Waals surface area contributed by atoms with Crippen molar-refractivity contribution in [2.75, 3.05) is 42.3 Å². The van der Waals surface area contributed by atoms with Crippen molar-refractivity contribution in [2.24, 2.45) is 5.92 Å². The van der Waals surface area contributed by atoms with Crippen molar-refractivity contribution in [3.05, 3.63) is 41.2 Å². The molecular weight excluding hydrogens is 541 g/mol. The second kappa shape index (κ2) is 11.8. The average Bonchev–Trinajstić information content (AvgIpc) is 2.85. The normalized spacial score (nSPS) is 16.4. The lowest BCUT2D eigenvalue weighted by molar-refractivity contribution is -0.142. The summed E-state index contributed by atoms with van der Waals surface area (Å²) in [5.74, 6) is -1.91. The van der Waals surface area contributed by atoms with Crippen LogP contribution in [-0.4, -0.2) is 68.9 Å². The highest BCUT2D eigenvalue weighted by Crippen LogP contribution is 2.34. The molecule has 0 spiro atoms. The number of hydrogen-bond acceptors (Lipinski definition) is 10. The molecule has 1 saturated heterocycles. The Balaban J connectivity index is 1.94.